The lowest BCUT2D eigenvalue weighted by Gasteiger charge is -2.18. The van der Waals surface area contributed by atoms with Crippen LogP contribution in [0.5, 0.6) is 0 Å². The molecule has 13 heavy (non-hydrogen) atoms. The third kappa shape index (κ3) is 6.72. The lowest BCUT2D eigenvalue weighted by molar-refractivity contribution is -0.119. The maximum absolute atomic E-state index is 11.2. The van der Waals surface area contributed by atoms with Gasteiger partial charge in [-0.25, -0.2) is 0 Å². The van der Waals surface area contributed by atoms with Crippen LogP contribution in [0.4, 0.5) is 0 Å². The molecule has 2 N–H and O–H groups in total. The Morgan fingerprint density at radius 2 is 2.00 bits per heavy atom. The van der Waals surface area contributed by atoms with E-state index in [1.807, 2.05) is 7.05 Å². The molecule has 3 nitrogen and oxygen atoms in total. The quantitative estimate of drug-likeness (QED) is 0.581. The van der Waals surface area contributed by atoms with E-state index < -0.39 is 0 Å². The molecule has 1 unspecified atom stereocenters. The Kier molecular flexibility index (Phi) is 6.82. The fraction of sp³-hybridized carbons (Fsp3) is 0.900. The molecule has 0 aromatic heterocycles. The highest BCUT2D eigenvalue weighted by Crippen LogP contribution is 1.99. The molecule has 0 saturated heterocycles. The Morgan fingerprint density at radius 1 is 1.38 bits per heavy atom. The number of Topliss-reactive ketones (excluding diaryl/α,β-unsaturated/α-hetero) is 1. The Hall–Kier alpha value is -0.410. The molecule has 3 heteroatoms. The van der Waals surface area contributed by atoms with Crippen molar-refractivity contribution in [3.8, 4) is 0 Å². The van der Waals surface area contributed by atoms with Crippen molar-refractivity contribution >= 4 is 5.78 Å². The maximum Gasteiger partial charge on any atom is 0.146 e. The van der Waals surface area contributed by atoms with Crippen LogP contribution in [0.2, 0.25) is 0 Å². The zero-order valence-corrected chi connectivity index (χ0v) is 9.18. The number of hydrogen-bond acceptors (Lipinski definition) is 3. The second-order valence-electron chi connectivity index (χ2n) is 3.73. The van der Waals surface area contributed by atoms with Crippen molar-refractivity contribution in [1.29, 1.82) is 0 Å². The van der Waals surface area contributed by atoms with E-state index in [4.69, 9.17) is 0 Å². The summed E-state index contributed by atoms with van der Waals surface area (Å²) in [7, 11) is 1.93. The van der Waals surface area contributed by atoms with Crippen LogP contribution in [0.3, 0.4) is 0 Å². The van der Waals surface area contributed by atoms with Gasteiger partial charge in [-0.15, -0.1) is 0 Å². The zero-order valence-electron chi connectivity index (χ0n) is 9.18. The van der Waals surface area contributed by atoms with Crippen LogP contribution >= 0.6 is 0 Å². The molecule has 1 atom stereocenters. The third-order valence-corrected chi connectivity index (χ3v) is 1.94. The van der Waals surface area contributed by atoms with Crippen molar-refractivity contribution in [1.82, 2.24) is 10.6 Å². The first-order valence-corrected chi connectivity index (χ1v) is 4.99. The number of rotatable bonds is 7. The van der Waals surface area contributed by atoms with E-state index in [0.717, 1.165) is 19.4 Å². The first kappa shape index (κ1) is 12.6. The molecule has 0 saturated carbocycles. The van der Waals surface area contributed by atoms with Gasteiger partial charge in [-0.2, -0.15) is 0 Å². The first-order valence-electron chi connectivity index (χ1n) is 4.99. The smallest absolute Gasteiger partial charge is 0.146 e. The predicted molar refractivity (Wildman–Crippen MR) is 55.9 cm³/mol. The van der Waals surface area contributed by atoms with Gasteiger partial charge in [0.1, 0.15) is 5.78 Å². The molecular weight excluding hydrogens is 164 g/mol. The lowest BCUT2D eigenvalue weighted by Crippen LogP contribution is -2.40. The van der Waals surface area contributed by atoms with E-state index >= 15 is 0 Å². The summed E-state index contributed by atoms with van der Waals surface area (Å²) in [6.07, 6.45) is 1.97. The molecular formula is C10H22N2O. The Labute approximate surface area is 81.3 Å². The number of ketones is 1. The highest BCUT2D eigenvalue weighted by Gasteiger charge is 2.13. The summed E-state index contributed by atoms with van der Waals surface area (Å²) in [5, 5.41) is 6.34. The fourth-order valence-electron chi connectivity index (χ4n) is 1.29. The van der Waals surface area contributed by atoms with Gasteiger partial charge in [-0.1, -0.05) is 13.8 Å². The molecule has 0 heterocycles. The van der Waals surface area contributed by atoms with E-state index in [1.165, 1.54) is 0 Å². The third-order valence-electron chi connectivity index (χ3n) is 1.94. The molecule has 0 rings (SSSR count). The Balaban J connectivity index is 3.74. The minimum absolute atomic E-state index is 0.0355. The molecule has 0 aliphatic carbocycles. The van der Waals surface area contributed by atoms with E-state index in [-0.39, 0.29) is 11.8 Å². The molecule has 0 spiro atoms. The van der Waals surface area contributed by atoms with E-state index in [2.05, 4.69) is 24.5 Å². The first-order chi connectivity index (χ1) is 6.07. The minimum Gasteiger partial charge on any atom is -0.320 e. The molecule has 0 radical (unpaired) electrons. The second kappa shape index (κ2) is 7.04. The van der Waals surface area contributed by atoms with Gasteiger partial charge < -0.3 is 10.6 Å². The zero-order chi connectivity index (χ0) is 10.3. The number of carbonyl (C=O) groups is 1. The van der Waals surface area contributed by atoms with Gasteiger partial charge in [0.2, 0.25) is 0 Å². The highest BCUT2D eigenvalue weighted by molar-refractivity contribution is 5.81. The van der Waals surface area contributed by atoms with Gasteiger partial charge in [0.25, 0.3) is 0 Å². The average Bonchev–Trinajstić information content (AvgIpc) is 2.02. The van der Waals surface area contributed by atoms with Crippen LogP contribution < -0.4 is 10.6 Å². The fourth-order valence-corrected chi connectivity index (χ4v) is 1.29. The molecule has 0 aromatic rings. The lowest BCUT2D eigenvalue weighted by atomic mass is 10.1. The normalized spacial score (nSPS) is 13.3. The Morgan fingerprint density at radius 3 is 2.38 bits per heavy atom. The number of hydrogen-bond donors (Lipinski definition) is 2. The second-order valence-corrected chi connectivity index (χ2v) is 3.73. The van der Waals surface area contributed by atoms with Crippen molar-refractivity contribution in [3.63, 3.8) is 0 Å². The highest BCUT2D eigenvalue weighted by atomic mass is 16.1. The molecule has 0 fully saturated rings. The summed E-state index contributed by atoms with van der Waals surface area (Å²) in [4.78, 5) is 11.2. The number of nitrogens with one attached hydrogen (secondary N) is 2. The molecule has 0 amide bonds. The largest absolute Gasteiger partial charge is 0.320 e. The summed E-state index contributed by atoms with van der Waals surface area (Å²) in [6, 6.07) is 0.414. The topological polar surface area (TPSA) is 41.1 Å². The van der Waals surface area contributed by atoms with Gasteiger partial charge in [0, 0.05) is 6.04 Å². The van der Waals surface area contributed by atoms with Gasteiger partial charge in [0.05, 0.1) is 6.04 Å². The molecule has 0 aromatic carbocycles. The Bertz CT molecular complexity index is 146. The van der Waals surface area contributed by atoms with E-state index in [9.17, 15) is 4.79 Å². The van der Waals surface area contributed by atoms with Crippen molar-refractivity contribution in [2.75, 3.05) is 13.6 Å². The monoisotopic (exact) mass is 186 g/mol. The summed E-state index contributed by atoms with van der Waals surface area (Å²) in [6.45, 7) is 6.75. The van der Waals surface area contributed by atoms with Gasteiger partial charge >= 0.3 is 0 Å². The van der Waals surface area contributed by atoms with Crippen LogP contribution in [0.25, 0.3) is 0 Å². The number of carbonyl (C=O) groups excluding carboxylic acids is 1. The van der Waals surface area contributed by atoms with Crippen LogP contribution in [0.15, 0.2) is 0 Å². The summed E-state index contributed by atoms with van der Waals surface area (Å²) < 4.78 is 0. The molecule has 0 aliphatic heterocycles. The summed E-state index contributed by atoms with van der Waals surface area (Å²) in [5.41, 5.74) is 0. The van der Waals surface area contributed by atoms with Gasteiger partial charge in [-0.05, 0) is 33.4 Å². The molecule has 0 aliphatic rings. The predicted octanol–water partition coefficient (Wildman–Crippen LogP) is 0.942. The molecule has 78 valence electrons. The standard InChI is InChI=1S/C10H22N2O/c1-8(2)12-10(9(3)13)6-5-7-11-4/h8,10-12H,5-7H2,1-4H3. The SMILES string of the molecule is CNCCCC(NC(C)C)C(C)=O. The van der Waals surface area contributed by atoms with Crippen LogP contribution in [0, 0.1) is 0 Å². The van der Waals surface area contributed by atoms with Crippen molar-refractivity contribution in [2.24, 2.45) is 0 Å². The van der Waals surface area contributed by atoms with Crippen molar-refractivity contribution in [2.45, 2.75) is 45.7 Å². The average molecular weight is 186 g/mol. The summed E-state index contributed by atoms with van der Waals surface area (Å²) in [5.74, 6) is 0.241. The maximum atomic E-state index is 11.2. The van der Waals surface area contributed by atoms with Gasteiger partial charge in [0.15, 0.2) is 0 Å². The van der Waals surface area contributed by atoms with Crippen LogP contribution in [-0.2, 0) is 4.79 Å². The summed E-state index contributed by atoms with van der Waals surface area (Å²) >= 11 is 0. The van der Waals surface area contributed by atoms with Crippen molar-refractivity contribution < 1.29 is 4.79 Å². The van der Waals surface area contributed by atoms with E-state index in [1.54, 1.807) is 6.92 Å². The van der Waals surface area contributed by atoms with Crippen molar-refractivity contribution in [3.05, 3.63) is 0 Å². The molecule has 0 bridgehead atoms. The van der Waals surface area contributed by atoms with E-state index in [0.29, 0.717) is 6.04 Å². The van der Waals surface area contributed by atoms with Crippen LogP contribution in [-0.4, -0.2) is 31.5 Å². The van der Waals surface area contributed by atoms with Gasteiger partial charge in [-0.3, -0.25) is 4.79 Å². The minimum atomic E-state index is 0.0355. The van der Waals surface area contributed by atoms with Crippen LogP contribution in [0.1, 0.15) is 33.6 Å².